The average Bonchev–Trinajstić information content (AvgIpc) is 3.15. The van der Waals surface area contributed by atoms with Crippen molar-refractivity contribution in [2.24, 2.45) is 11.8 Å². The molecular formula is C13H19N3O2. The zero-order chi connectivity index (χ0) is 11.9. The summed E-state index contributed by atoms with van der Waals surface area (Å²) in [5.74, 6) is 3.78. The molecule has 1 saturated heterocycles. The van der Waals surface area contributed by atoms with E-state index in [-0.39, 0.29) is 6.10 Å². The van der Waals surface area contributed by atoms with Gasteiger partial charge >= 0.3 is 0 Å². The molecule has 3 aliphatic rings. The Morgan fingerprint density at radius 3 is 2.94 bits per heavy atom. The number of nitrogens with one attached hydrogen (secondary N) is 1. The Morgan fingerprint density at radius 1 is 1.22 bits per heavy atom. The molecule has 1 aromatic heterocycles. The minimum Gasteiger partial charge on any atom is -0.367 e. The molecule has 1 N–H and O–H groups in total. The third-order valence-electron chi connectivity index (χ3n) is 4.73. The predicted octanol–water partition coefficient (Wildman–Crippen LogP) is 1.63. The predicted molar refractivity (Wildman–Crippen MR) is 64.0 cm³/mol. The van der Waals surface area contributed by atoms with Crippen LogP contribution in [0.5, 0.6) is 0 Å². The summed E-state index contributed by atoms with van der Waals surface area (Å²) in [6.45, 7) is 2.42. The molecule has 4 unspecified atom stereocenters. The molecule has 0 spiro atoms. The standard InChI is InChI=1S/C13H19N3O2/c1-2-9-5-8(1)6-10(9)13-15-12(16-18-13)11-7-14-3-4-17-11/h8-11,14H,1-7H2. The summed E-state index contributed by atoms with van der Waals surface area (Å²) in [5.41, 5.74) is 0. The van der Waals surface area contributed by atoms with E-state index in [9.17, 15) is 0 Å². The summed E-state index contributed by atoms with van der Waals surface area (Å²) < 4.78 is 11.1. The molecule has 1 aromatic rings. The van der Waals surface area contributed by atoms with Gasteiger partial charge in [-0.05, 0) is 31.1 Å². The molecule has 2 heterocycles. The number of hydrogen-bond acceptors (Lipinski definition) is 5. The fourth-order valence-corrected chi connectivity index (χ4v) is 3.81. The van der Waals surface area contributed by atoms with Gasteiger partial charge < -0.3 is 14.6 Å². The molecule has 0 aromatic carbocycles. The van der Waals surface area contributed by atoms with E-state index in [4.69, 9.17) is 9.26 Å². The highest BCUT2D eigenvalue weighted by Crippen LogP contribution is 2.52. The first-order chi connectivity index (χ1) is 8.90. The monoisotopic (exact) mass is 249 g/mol. The van der Waals surface area contributed by atoms with Gasteiger partial charge in [-0.2, -0.15) is 4.98 Å². The van der Waals surface area contributed by atoms with E-state index in [1.165, 1.54) is 25.7 Å². The first-order valence-corrected chi connectivity index (χ1v) is 7.06. The maximum atomic E-state index is 5.65. The zero-order valence-corrected chi connectivity index (χ0v) is 10.5. The van der Waals surface area contributed by atoms with Crippen molar-refractivity contribution < 1.29 is 9.26 Å². The van der Waals surface area contributed by atoms with Crippen LogP contribution in [0.1, 0.15) is 49.4 Å². The van der Waals surface area contributed by atoms with Gasteiger partial charge in [-0.3, -0.25) is 0 Å². The van der Waals surface area contributed by atoms with Gasteiger partial charge in [0.05, 0.1) is 6.61 Å². The smallest absolute Gasteiger partial charge is 0.230 e. The molecule has 0 radical (unpaired) electrons. The van der Waals surface area contributed by atoms with Crippen LogP contribution < -0.4 is 5.32 Å². The van der Waals surface area contributed by atoms with Gasteiger partial charge in [-0.25, -0.2) is 0 Å². The van der Waals surface area contributed by atoms with Crippen LogP contribution >= 0.6 is 0 Å². The average molecular weight is 249 g/mol. The maximum Gasteiger partial charge on any atom is 0.230 e. The molecule has 4 atom stereocenters. The number of hydrogen-bond donors (Lipinski definition) is 1. The van der Waals surface area contributed by atoms with Gasteiger partial charge in [-0.1, -0.05) is 11.6 Å². The maximum absolute atomic E-state index is 5.65. The van der Waals surface area contributed by atoms with E-state index in [2.05, 4.69) is 15.5 Å². The second kappa shape index (κ2) is 4.31. The summed E-state index contributed by atoms with van der Waals surface area (Å²) in [6.07, 6.45) is 5.32. The molecule has 3 fully saturated rings. The van der Waals surface area contributed by atoms with Crippen LogP contribution in [0.2, 0.25) is 0 Å². The molecule has 18 heavy (non-hydrogen) atoms. The Hall–Kier alpha value is -0.940. The lowest BCUT2D eigenvalue weighted by Crippen LogP contribution is -2.33. The number of rotatable bonds is 2. The van der Waals surface area contributed by atoms with Gasteiger partial charge in [0.1, 0.15) is 6.10 Å². The van der Waals surface area contributed by atoms with Crippen LogP contribution in [0, 0.1) is 11.8 Å². The van der Waals surface area contributed by atoms with Crippen LogP contribution in [-0.4, -0.2) is 29.8 Å². The number of fused-ring (bicyclic) bond motifs is 2. The van der Waals surface area contributed by atoms with Crippen molar-refractivity contribution in [2.45, 2.75) is 37.7 Å². The molecule has 98 valence electrons. The normalized spacial score (nSPS) is 39.3. The Bertz CT molecular complexity index is 428. The van der Waals surface area contributed by atoms with E-state index in [0.29, 0.717) is 5.92 Å². The first-order valence-electron chi connectivity index (χ1n) is 7.06. The topological polar surface area (TPSA) is 60.2 Å². The van der Waals surface area contributed by atoms with Crippen molar-refractivity contribution in [2.75, 3.05) is 19.7 Å². The molecule has 5 nitrogen and oxygen atoms in total. The third-order valence-corrected chi connectivity index (χ3v) is 4.73. The molecule has 1 aliphatic heterocycles. The Balaban J connectivity index is 1.51. The highest BCUT2D eigenvalue weighted by molar-refractivity contribution is 5.06. The van der Waals surface area contributed by atoms with Crippen LogP contribution in [0.25, 0.3) is 0 Å². The summed E-state index contributed by atoms with van der Waals surface area (Å²) in [6, 6.07) is 0. The first kappa shape index (κ1) is 10.9. The quantitative estimate of drug-likeness (QED) is 0.863. The van der Waals surface area contributed by atoms with Gasteiger partial charge in [0.25, 0.3) is 0 Å². The molecule has 4 rings (SSSR count). The second-order valence-electron chi connectivity index (χ2n) is 5.84. The lowest BCUT2D eigenvalue weighted by molar-refractivity contribution is 0.0208. The van der Waals surface area contributed by atoms with Crippen LogP contribution in [-0.2, 0) is 4.74 Å². The summed E-state index contributed by atoms with van der Waals surface area (Å²) in [4.78, 5) is 4.59. The van der Waals surface area contributed by atoms with Crippen LogP contribution in [0.15, 0.2) is 4.52 Å². The third kappa shape index (κ3) is 1.77. The van der Waals surface area contributed by atoms with Gasteiger partial charge in [0.2, 0.25) is 11.7 Å². The highest BCUT2D eigenvalue weighted by Gasteiger charge is 2.43. The summed E-state index contributed by atoms with van der Waals surface area (Å²) in [7, 11) is 0. The van der Waals surface area contributed by atoms with Crippen molar-refractivity contribution in [1.82, 2.24) is 15.5 Å². The number of morpholine rings is 1. The lowest BCUT2D eigenvalue weighted by Gasteiger charge is -2.20. The number of ether oxygens (including phenoxy) is 1. The SMILES string of the molecule is C1COC(c2noc(C3CC4CCC3C4)n2)CN1. The van der Waals surface area contributed by atoms with Gasteiger partial charge in [0, 0.05) is 19.0 Å². The van der Waals surface area contributed by atoms with Crippen LogP contribution in [0.3, 0.4) is 0 Å². The van der Waals surface area contributed by atoms with Gasteiger partial charge in [-0.15, -0.1) is 0 Å². The fourth-order valence-electron chi connectivity index (χ4n) is 3.81. The number of nitrogens with zero attached hydrogens (tertiary/aromatic N) is 2. The molecule has 0 amide bonds. The van der Waals surface area contributed by atoms with Gasteiger partial charge in [0.15, 0.2) is 0 Å². The van der Waals surface area contributed by atoms with E-state index in [0.717, 1.165) is 43.2 Å². The van der Waals surface area contributed by atoms with E-state index >= 15 is 0 Å². The van der Waals surface area contributed by atoms with Crippen LogP contribution in [0.4, 0.5) is 0 Å². The van der Waals surface area contributed by atoms with E-state index in [1.807, 2.05) is 0 Å². The van der Waals surface area contributed by atoms with Crippen molar-refractivity contribution in [3.05, 3.63) is 11.7 Å². The lowest BCUT2D eigenvalue weighted by atomic mass is 9.89. The van der Waals surface area contributed by atoms with Crippen molar-refractivity contribution in [3.8, 4) is 0 Å². The highest BCUT2D eigenvalue weighted by atomic mass is 16.5. The van der Waals surface area contributed by atoms with Crippen molar-refractivity contribution >= 4 is 0 Å². The zero-order valence-electron chi connectivity index (χ0n) is 10.5. The van der Waals surface area contributed by atoms with E-state index in [1.54, 1.807) is 0 Å². The minimum atomic E-state index is -0.0326. The van der Waals surface area contributed by atoms with Crippen molar-refractivity contribution in [1.29, 1.82) is 0 Å². The number of aromatic nitrogens is 2. The van der Waals surface area contributed by atoms with Crippen molar-refractivity contribution in [3.63, 3.8) is 0 Å². The minimum absolute atomic E-state index is 0.0326. The summed E-state index contributed by atoms with van der Waals surface area (Å²) >= 11 is 0. The largest absolute Gasteiger partial charge is 0.367 e. The molecule has 2 bridgehead atoms. The summed E-state index contributed by atoms with van der Waals surface area (Å²) in [5, 5.41) is 7.41. The Labute approximate surface area is 106 Å². The molecular weight excluding hydrogens is 230 g/mol. The fraction of sp³-hybridized carbons (Fsp3) is 0.846. The molecule has 5 heteroatoms. The Morgan fingerprint density at radius 2 is 2.22 bits per heavy atom. The second-order valence-corrected chi connectivity index (χ2v) is 5.84. The Kier molecular flexibility index (Phi) is 2.62. The molecule has 2 saturated carbocycles. The van der Waals surface area contributed by atoms with E-state index < -0.39 is 0 Å². The molecule has 2 aliphatic carbocycles.